The number of hydrazone groups is 1. The molecule has 0 heterocycles. The van der Waals surface area contributed by atoms with Crippen LogP contribution in [0.5, 0.6) is 11.5 Å². The van der Waals surface area contributed by atoms with Crippen molar-refractivity contribution in [3.05, 3.63) is 88.9 Å². The average molecular weight is 452 g/mol. The fourth-order valence-corrected chi connectivity index (χ4v) is 2.64. The smallest absolute Gasteiger partial charge is 0.343 e. The molecule has 2 N–H and O–H groups in total. The Hall–Kier alpha value is -4.17. The van der Waals surface area contributed by atoms with E-state index >= 15 is 0 Å². The maximum Gasteiger partial charge on any atom is 0.343 e. The fourth-order valence-electron chi connectivity index (χ4n) is 2.52. The Morgan fingerprint density at radius 1 is 0.906 bits per heavy atom. The van der Waals surface area contributed by atoms with E-state index in [0.717, 1.165) is 0 Å². The van der Waals surface area contributed by atoms with Crippen molar-refractivity contribution in [2.45, 2.75) is 0 Å². The number of nitrogens with zero attached hydrogens (tertiary/aromatic N) is 1. The fraction of sp³-hybridized carbons (Fsp3) is 0.0435. The van der Waals surface area contributed by atoms with Gasteiger partial charge in [0.05, 0.1) is 18.9 Å². The van der Waals surface area contributed by atoms with Crippen molar-refractivity contribution >= 4 is 41.3 Å². The molecule has 0 fully saturated rings. The molecule has 0 unspecified atom stereocenters. The van der Waals surface area contributed by atoms with Crippen molar-refractivity contribution in [2.24, 2.45) is 5.10 Å². The molecule has 3 aromatic carbocycles. The maximum atomic E-state index is 12.2. The van der Waals surface area contributed by atoms with Gasteiger partial charge in [0.2, 0.25) is 0 Å². The minimum atomic E-state index is -0.950. The minimum Gasteiger partial charge on any atom is -0.497 e. The van der Waals surface area contributed by atoms with Crippen LogP contribution in [0.3, 0.4) is 0 Å². The average Bonchev–Trinajstić information content (AvgIpc) is 2.79. The Morgan fingerprint density at radius 2 is 1.62 bits per heavy atom. The largest absolute Gasteiger partial charge is 0.497 e. The number of halogens is 1. The predicted molar refractivity (Wildman–Crippen MR) is 120 cm³/mol. The van der Waals surface area contributed by atoms with Crippen LogP contribution in [-0.4, -0.2) is 31.1 Å². The number of methoxy groups -OCH3 is 1. The second kappa shape index (κ2) is 10.7. The third kappa shape index (κ3) is 6.41. The molecule has 3 rings (SSSR count). The van der Waals surface area contributed by atoms with Gasteiger partial charge in [-0.2, -0.15) is 5.10 Å². The summed E-state index contributed by atoms with van der Waals surface area (Å²) < 4.78 is 10.4. The first-order valence-corrected chi connectivity index (χ1v) is 9.68. The molecule has 0 atom stereocenters. The first-order valence-electron chi connectivity index (χ1n) is 9.31. The second-order valence-electron chi connectivity index (χ2n) is 6.35. The second-order valence-corrected chi connectivity index (χ2v) is 6.79. The molecule has 0 aromatic heterocycles. The summed E-state index contributed by atoms with van der Waals surface area (Å²) >= 11 is 5.81. The number of rotatable bonds is 6. The lowest BCUT2D eigenvalue weighted by atomic mass is 10.2. The molecule has 9 heteroatoms. The van der Waals surface area contributed by atoms with Crippen molar-refractivity contribution < 1.29 is 23.9 Å². The van der Waals surface area contributed by atoms with E-state index in [-0.39, 0.29) is 5.75 Å². The SMILES string of the molecule is COc1cccc(NC(=O)C(=O)N/N=C\c2cccc(OC(=O)c3ccc(Cl)cc3)c2)c1. The third-order valence-electron chi connectivity index (χ3n) is 4.06. The van der Waals surface area contributed by atoms with E-state index < -0.39 is 17.8 Å². The quantitative estimate of drug-likeness (QED) is 0.195. The molecule has 32 heavy (non-hydrogen) atoms. The molecule has 0 aliphatic carbocycles. The van der Waals surface area contributed by atoms with Gasteiger partial charge in [0.15, 0.2) is 0 Å². The molecule has 0 aliphatic heterocycles. The normalized spacial score (nSPS) is 10.4. The van der Waals surface area contributed by atoms with Gasteiger partial charge in [-0.25, -0.2) is 10.2 Å². The van der Waals surface area contributed by atoms with Crippen molar-refractivity contribution in [3.63, 3.8) is 0 Å². The number of anilines is 1. The predicted octanol–water partition coefficient (Wildman–Crippen LogP) is 3.66. The topological polar surface area (TPSA) is 106 Å². The number of benzene rings is 3. The van der Waals surface area contributed by atoms with Crippen LogP contribution in [0.1, 0.15) is 15.9 Å². The van der Waals surface area contributed by atoms with Crippen LogP contribution >= 0.6 is 11.6 Å². The van der Waals surface area contributed by atoms with Gasteiger partial charge in [-0.1, -0.05) is 29.8 Å². The number of nitrogens with one attached hydrogen (secondary N) is 2. The Morgan fingerprint density at radius 3 is 2.38 bits per heavy atom. The lowest BCUT2D eigenvalue weighted by Crippen LogP contribution is -2.32. The molecule has 162 valence electrons. The van der Waals surface area contributed by atoms with Gasteiger partial charge >= 0.3 is 17.8 Å². The first-order chi connectivity index (χ1) is 15.4. The van der Waals surface area contributed by atoms with Gasteiger partial charge in [0.25, 0.3) is 0 Å². The Balaban J connectivity index is 1.55. The van der Waals surface area contributed by atoms with Crippen LogP contribution in [0.4, 0.5) is 5.69 Å². The lowest BCUT2D eigenvalue weighted by Gasteiger charge is -2.06. The molecule has 2 amide bonds. The molecule has 0 radical (unpaired) electrons. The minimum absolute atomic E-state index is 0.288. The molecule has 8 nitrogen and oxygen atoms in total. The number of ether oxygens (including phenoxy) is 2. The Labute approximate surface area is 188 Å². The maximum absolute atomic E-state index is 12.2. The summed E-state index contributed by atoms with van der Waals surface area (Å²) in [5.41, 5.74) is 3.44. The molecule has 0 bridgehead atoms. The highest BCUT2D eigenvalue weighted by Gasteiger charge is 2.13. The van der Waals surface area contributed by atoms with Gasteiger partial charge in [-0.05, 0) is 54.1 Å². The summed E-state index contributed by atoms with van der Waals surface area (Å²) in [6.07, 6.45) is 1.32. The Kier molecular flexibility index (Phi) is 7.55. The van der Waals surface area contributed by atoms with Crippen molar-refractivity contribution in [1.29, 1.82) is 0 Å². The van der Waals surface area contributed by atoms with Crippen LogP contribution in [0, 0.1) is 0 Å². The summed E-state index contributed by atoms with van der Waals surface area (Å²) in [6, 6.07) is 19.4. The van der Waals surface area contributed by atoms with E-state index in [4.69, 9.17) is 21.1 Å². The highest BCUT2D eigenvalue weighted by atomic mass is 35.5. The number of amides is 2. The number of esters is 1. The van der Waals surface area contributed by atoms with Gasteiger partial charge in [-0.15, -0.1) is 0 Å². The van der Waals surface area contributed by atoms with E-state index in [9.17, 15) is 14.4 Å². The van der Waals surface area contributed by atoms with Gasteiger partial charge in [0.1, 0.15) is 11.5 Å². The van der Waals surface area contributed by atoms with E-state index in [1.807, 2.05) is 0 Å². The highest BCUT2D eigenvalue weighted by Crippen LogP contribution is 2.17. The van der Waals surface area contributed by atoms with E-state index in [1.54, 1.807) is 72.8 Å². The molecular weight excluding hydrogens is 434 g/mol. The van der Waals surface area contributed by atoms with Crippen LogP contribution in [-0.2, 0) is 9.59 Å². The molecule has 0 saturated heterocycles. The summed E-state index contributed by atoms with van der Waals surface area (Å²) in [7, 11) is 1.50. The number of carbonyl (C=O) groups is 3. The summed E-state index contributed by atoms with van der Waals surface area (Å²) in [6.45, 7) is 0. The van der Waals surface area contributed by atoms with Gasteiger partial charge in [0, 0.05) is 16.8 Å². The van der Waals surface area contributed by atoms with Crippen LogP contribution in [0.25, 0.3) is 0 Å². The van der Waals surface area contributed by atoms with Crippen molar-refractivity contribution in [3.8, 4) is 11.5 Å². The van der Waals surface area contributed by atoms with Crippen LogP contribution in [0.15, 0.2) is 77.9 Å². The van der Waals surface area contributed by atoms with E-state index in [0.29, 0.717) is 27.6 Å². The lowest BCUT2D eigenvalue weighted by molar-refractivity contribution is -0.136. The first kappa shape index (κ1) is 22.5. The molecule has 0 aliphatic rings. The zero-order chi connectivity index (χ0) is 22.9. The van der Waals surface area contributed by atoms with Gasteiger partial charge < -0.3 is 14.8 Å². The monoisotopic (exact) mass is 451 g/mol. The summed E-state index contributed by atoms with van der Waals surface area (Å²) in [5, 5.41) is 6.72. The standard InChI is InChI=1S/C23H18ClN3O5/c1-31-19-6-3-5-18(13-19)26-21(28)22(29)27-25-14-15-4-2-7-20(12-15)32-23(30)16-8-10-17(24)11-9-16/h2-14H,1H3,(H,26,28)(H,27,29)/b25-14-. The van der Waals surface area contributed by atoms with Gasteiger partial charge in [-0.3, -0.25) is 9.59 Å². The zero-order valence-electron chi connectivity index (χ0n) is 16.9. The molecular formula is C23H18ClN3O5. The number of hydrogen-bond acceptors (Lipinski definition) is 6. The highest BCUT2D eigenvalue weighted by molar-refractivity contribution is 6.39. The molecule has 0 spiro atoms. The van der Waals surface area contributed by atoms with Crippen LogP contribution < -0.4 is 20.2 Å². The number of hydrogen-bond donors (Lipinski definition) is 2. The molecule has 0 saturated carbocycles. The third-order valence-corrected chi connectivity index (χ3v) is 4.31. The summed E-state index contributed by atoms with van der Waals surface area (Å²) in [4.78, 5) is 36.1. The number of carbonyl (C=O) groups excluding carboxylic acids is 3. The zero-order valence-corrected chi connectivity index (χ0v) is 17.6. The Bertz CT molecular complexity index is 1160. The molecule has 3 aromatic rings. The van der Waals surface area contributed by atoms with Crippen LogP contribution in [0.2, 0.25) is 5.02 Å². The van der Waals surface area contributed by atoms with E-state index in [1.165, 1.54) is 13.3 Å². The van der Waals surface area contributed by atoms with Crippen molar-refractivity contribution in [1.82, 2.24) is 5.43 Å². The van der Waals surface area contributed by atoms with Crippen molar-refractivity contribution in [2.75, 3.05) is 12.4 Å². The van der Waals surface area contributed by atoms with E-state index in [2.05, 4.69) is 15.8 Å². The summed E-state index contributed by atoms with van der Waals surface area (Å²) in [5.74, 6) is -1.55.